The minimum absolute atomic E-state index is 0.00777. The van der Waals surface area contributed by atoms with Crippen LogP contribution in [0.15, 0.2) is 60.7 Å². The van der Waals surface area contributed by atoms with Crippen molar-refractivity contribution < 1.29 is 19.1 Å². The number of ketones is 2. The lowest BCUT2D eigenvalue weighted by Crippen LogP contribution is -2.36. The summed E-state index contributed by atoms with van der Waals surface area (Å²) in [4.78, 5) is 39.9. The molecular formula is C22H23NO4. The van der Waals surface area contributed by atoms with E-state index in [2.05, 4.69) is 0 Å². The van der Waals surface area contributed by atoms with Crippen LogP contribution in [0, 0.1) is 5.92 Å². The number of carbonyl (C=O) groups excluding carboxylic acids is 3. The summed E-state index contributed by atoms with van der Waals surface area (Å²) in [6.45, 7) is 1.78. The highest BCUT2D eigenvalue weighted by Crippen LogP contribution is 2.43. The maximum absolute atomic E-state index is 13.2. The van der Waals surface area contributed by atoms with Crippen LogP contribution in [0.2, 0.25) is 0 Å². The molecule has 1 aliphatic rings. The van der Waals surface area contributed by atoms with Gasteiger partial charge < -0.3 is 9.64 Å². The number of esters is 1. The number of hydrogen-bond acceptors (Lipinski definition) is 5. The number of nitrogens with zero attached hydrogens (tertiary/aromatic N) is 1. The summed E-state index contributed by atoms with van der Waals surface area (Å²) in [5.74, 6) is -1.80. The summed E-state index contributed by atoms with van der Waals surface area (Å²) in [6.07, 6.45) is 0.437. The molecule has 1 saturated heterocycles. The third-order valence-electron chi connectivity index (χ3n) is 5.05. The number of ether oxygens (including phenoxy) is 1. The fourth-order valence-electron chi connectivity index (χ4n) is 3.73. The highest BCUT2D eigenvalue weighted by Gasteiger charge is 2.53. The van der Waals surface area contributed by atoms with Gasteiger partial charge in [0.05, 0.1) is 19.2 Å². The van der Waals surface area contributed by atoms with Crippen molar-refractivity contribution in [1.29, 1.82) is 0 Å². The van der Waals surface area contributed by atoms with Gasteiger partial charge in [0, 0.05) is 18.5 Å². The highest BCUT2D eigenvalue weighted by molar-refractivity contribution is 6.08. The largest absolute Gasteiger partial charge is 0.468 e. The Labute approximate surface area is 158 Å². The summed E-state index contributed by atoms with van der Waals surface area (Å²) in [5.41, 5.74) is 1.65. The Bertz CT molecular complexity index is 819. The molecule has 0 saturated carbocycles. The molecule has 2 aromatic rings. The van der Waals surface area contributed by atoms with Gasteiger partial charge in [0.15, 0.2) is 5.78 Å². The summed E-state index contributed by atoms with van der Waals surface area (Å²) in [5, 5.41) is 0. The topological polar surface area (TPSA) is 63.7 Å². The molecule has 0 radical (unpaired) electrons. The number of anilines is 1. The van der Waals surface area contributed by atoms with Crippen molar-refractivity contribution in [2.75, 3.05) is 12.0 Å². The first-order valence-electron chi connectivity index (χ1n) is 9.10. The summed E-state index contributed by atoms with van der Waals surface area (Å²) < 4.78 is 4.95. The van der Waals surface area contributed by atoms with Gasteiger partial charge in [-0.2, -0.15) is 0 Å². The normalized spacial score (nSPS) is 21.9. The molecule has 140 valence electrons. The molecule has 2 aromatic carbocycles. The zero-order chi connectivity index (χ0) is 19.4. The molecule has 27 heavy (non-hydrogen) atoms. The molecule has 0 spiro atoms. The van der Waals surface area contributed by atoms with E-state index in [1.165, 1.54) is 7.11 Å². The minimum atomic E-state index is -0.965. The smallest absolute Gasteiger partial charge is 0.318 e. The number of para-hydroxylation sites is 1. The van der Waals surface area contributed by atoms with Gasteiger partial charge in [0.1, 0.15) is 11.7 Å². The molecule has 0 N–H and O–H groups in total. The van der Waals surface area contributed by atoms with Crippen molar-refractivity contribution in [2.24, 2.45) is 5.92 Å². The molecule has 0 aliphatic carbocycles. The third-order valence-corrected chi connectivity index (χ3v) is 5.05. The van der Waals surface area contributed by atoms with Crippen LogP contribution in [0.1, 0.15) is 31.4 Å². The molecule has 1 aliphatic heterocycles. The monoisotopic (exact) mass is 365 g/mol. The molecule has 1 heterocycles. The third kappa shape index (κ3) is 3.63. The van der Waals surface area contributed by atoms with Gasteiger partial charge in [-0.1, -0.05) is 55.5 Å². The maximum atomic E-state index is 13.2. The van der Waals surface area contributed by atoms with Gasteiger partial charge >= 0.3 is 5.97 Å². The zero-order valence-electron chi connectivity index (χ0n) is 15.5. The average molecular weight is 365 g/mol. The Kier molecular flexibility index (Phi) is 5.69. The van der Waals surface area contributed by atoms with Crippen LogP contribution in [-0.4, -0.2) is 30.7 Å². The number of Topliss-reactive ketones (excluding diaryl/α,β-unsaturated/α-hetero) is 2. The Morgan fingerprint density at radius 2 is 1.59 bits per heavy atom. The molecule has 0 aromatic heterocycles. The van der Waals surface area contributed by atoms with Crippen molar-refractivity contribution in [3.05, 3.63) is 66.2 Å². The molecular weight excluding hydrogens is 342 g/mol. The maximum Gasteiger partial charge on any atom is 0.318 e. The van der Waals surface area contributed by atoms with Crippen molar-refractivity contribution in [3.8, 4) is 0 Å². The quantitative estimate of drug-likeness (QED) is 0.580. The standard InChI is InChI=1S/C22H23NO4/c1-3-17(24)14-18-21(25)19(22(26)27-2)20(15-10-6-4-7-11-15)23(18)16-12-8-5-9-13-16/h4-13,18-20H,3,14H2,1-2H3/t18-,19-,20-/m0/s1. The SMILES string of the molecule is CCC(=O)C[C@H]1C(=O)[C@@H](C(=O)OC)[C@H](c2ccccc2)N1c1ccccc1. The first kappa shape index (κ1) is 18.8. The van der Waals surface area contributed by atoms with E-state index in [1.807, 2.05) is 65.6 Å². The van der Waals surface area contributed by atoms with Gasteiger partial charge in [0.25, 0.3) is 0 Å². The molecule has 3 atom stereocenters. The van der Waals surface area contributed by atoms with Crippen LogP contribution in [0.25, 0.3) is 0 Å². The van der Waals surface area contributed by atoms with Gasteiger partial charge in [0.2, 0.25) is 0 Å². The molecule has 1 fully saturated rings. The lowest BCUT2D eigenvalue weighted by molar-refractivity contribution is -0.149. The van der Waals surface area contributed by atoms with E-state index in [0.717, 1.165) is 11.3 Å². The first-order chi connectivity index (χ1) is 13.1. The first-order valence-corrected chi connectivity index (χ1v) is 9.10. The Hall–Kier alpha value is -2.95. The summed E-state index contributed by atoms with van der Waals surface area (Å²) in [7, 11) is 1.29. The van der Waals surface area contributed by atoms with Crippen molar-refractivity contribution >= 4 is 23.2 Å². The van der Waals surface area contributed by atoms with Gasteiger partial charge in [-0.05, 0) is 17.7 Å². The molecule has 5 heteroatoms. The van der Waals surface area contributed by atoms with Crippen molar-refractivity contribution in [3.63, 3.8) is 0 Å². The molecule has 5 nitrogen and oxygen atoms in total. The highest BCUT2D eigenvalue weighted by atomic mass is 16.5. The van der Waals surface area contributed by atoms with E-state index in [4.69, 9.17) is 4.74 Å². The zero-order valence-corrected chi connectivity index (χ0v) is 15.5. The fourth-order valence-corrected chi connectivity index (χ4v) is 3.73. The fraction of sp³-hybridized carbons (Fsp3) is 0.318. The van der Waals surface area contributed by atoms with Crippen molar-refractivity contribution in [2.45, 2.75) is 31.8 Å². The van der Waals surface area contributed by atoms with Gasteiger partial charge in [-0.15, -0.1) is 0 Å². The summed E-state index contributed by atoms with van der Waals surface area (Å²) >= 11 is 0. The number of benzene rings is 2. The van der Waals surface area contributed by atoms with E-state index >= 15 is 0 Å². The Morgan fingerprint density at radius 1 is 1.00 bits per heavy atom. The number of hydrogen-bond donors (Lipinski definition) is 0. The predicted octanol–water partition coefficient (Wildman–Crippen LogP) is 3.34. The van der Waals surface area contributed by atoms with E-state index < -0.39 is 24.0 Å². The minimum Gasteiger partial charge on any atom is -0.468 e. The molecule has 0 unspecified atom stereocenters. The van der Waals surface area contributed by atoms with E-state index in [9.17, 15) is 14.4 Å². The van der Waals surface area contributed by atoms with Crippen LogP contribution in [0.5, 0.6) is 0 Å². The second-order valence-electron chi connectivity index (χ2n) is 6.61. The van der Waals surface area contributed by atoms with Crippen LogP contribution in [0.4, 0.5) is 5.69 Å². The molecule has 0 amide bonds. The summed E-state index contributed by atoms with van der Waals surface area (Å²) in [6, 6.07) is 17.7. The Morgan fingerprint density at radius 3 is 2.15 bits per heavy atom. The number of carbonyl (C=O) groups is 3. The van der Waals surface area contributed by atoms with Gasteiger partial charge in [-0.25, -0.2) is 0 Å². The van der Waals surface area contributed by atoms with Crippen LogP contribution < -0.4 is 4.90 Å². The second-order valence-corrected chi connectivity index (χ2v) is 6.61. The molecule has 0 bridgehead atoms. The second kappa shape index (κ2) is 8.16. The molecule has 3 rings (SSSR count). The van der Waals surface area contributed by atoms with E-state index in [-0.39, 0.29) is 18.0 Å². The number of methoxy groups -OCH3 is 1. The predicted molar refractivity (Wildman–Crippen MR) is 102 cm³/mol. The number of rotatable bonds is 6. The van der Waals surface area contributed by atoms with E-state index in [1.54, 1.807) is 6.92 Å². The van der Waals surface area contributed by atoms with Crippen LogP contribution in [0.3, 0.4) is 0 Å². The Balaban J connectivity index is 2.15. The average Bonchev–Trinajstić information content (AvgIpc) is 3.00. The van der Waals surface area contributed by atoms with Crippen LogP contribution in [-0.2, 0) is 19.1 Å². The van der Waals surface area contributed by atoms with E-state index in [0.29, 0.717) is 6.42 Å². The lowest BCUT2D eigenvalue weighted by Gasteiger charge is -2.32. The van der Waals surface area contributed by atoms with Crippen LogP contribution >= 0.6 is 0 Å². The van der Waals surface area contributed by atoms with Gasteiger partial charge in [-0.3, -0.25) is 14.4 Å². The lowest BCUT2D eigenvalue weighted by atomic mass is 9.91. The van der Waals surface area contributed by atoms with Crippen molar-refractivity contribution in [1.82, 2.24) is 0 Å².